The Morgan fingerprint density at radius 3 is 2.31 bits per heavy atom. The van der Waals surface area contributed by atoms with Crippen molar-refractivity contribution in [2.45, 2.75) is 19.4 Å². The molecule has 0 aliphatic heterocycles. The van der Waals surface area contributed by atoms with Gasteiger partial charge < -0.3 is 20.0 Å². The monoisotopic (exact) mass is 546 g/mol. The molecule has 1 aromatic heterocycles. The largest absolute Gasteiger partial charge is 0.469 e. The van der Waals surface area contributed by atoms with E-state index in [0.29, 0.717) is 18.7 Å². The second-order valence-electron chi connectivity index (χ2n) is 7.48. The van der Waals surface area contributed by atoms with Crippen LogP contribution in [0.25, 0.3) is 0 Å². The Labute approximate surface area is 207 Å². The molecule has 1 heterocycles. The van der Waals surface area contributed by atoms with Crippen LogP contribution in [-0.2, 0) is 19.4 Å². The Kier molecular flexibility index (Phi) is 10.8. The molecule has 6 nitrogen and oxygen atoms in total. The number of hydrogen-bond donors (Lipinski definition) is 2. The highest BCUT2D eigenvalue weighted by Crippen LogP contribution is 2.08. The number of amides is 1. The molecule has 0 saturated carbocycles. The van der Waals surface area contributed by atoms with Crippen molar-refractivity contribution in [2.75, 3.05) is 27.2 Å². The van der Waals surface area contributed by atoms with Gasteiger partial charge in [0.05, 0.1) is 12.8 Å². The first-order chi connectivity index (χ1) is 15.1. The van der Waals surface area contributed by atoms with Gasteiger partial charge in [-0.2, -0.15) is 0 Å². The number of hydrogen-bond acceptors (Lipinski definition) is 3. The summed E-state index contributed by atoms with van der Waals surface area (Å²) in [6.07, 6.45) is 3.26. The standard InChI is InChI=1S/C25H30N4O2.HI/c1-29(2)24(30)22-11-6-10-20(18-22)13-15-26-25(27-16-14-23-12-7-17-31-23)28-19-21-8-4-3-5-9-21;/h3-12,17-18H,13-16,19H2,1-2H3,(H2,26,27,28);1H. The molecule has 0 radical (unpaired) electrons. The summed E-state index contributed by atoms with van der Waals surface area (Å²) < 4.78 is 5.40. The highest BCUT2D eigenvalue weighted by Gasteiger charge is 2.08. The van der Waals surface area contributed by atoms with E-state index in [1.54, 1.807) is 25.3 Å². The highest BCUT2D eigenvalue weighted by atomic mass is 127. The van der Waals surface area contributed by atoms with Gasteiger partial charge in [0.25, 0.3) is 5.91 Å². The van der Waals surface area contributed by atoms with Crippen molar-refractivity contribution < 1.29 is 9.21 Å². The summed E-state index contributed by atoms with van der Waals surface area (Å²) in [6, 6.07) is 21.8. The lowest BCUT2D eigenvalue weighted by Crippen LogP contribution is -2.39. The molecular weight excluding hydrogens is 515 g/mol. The molecule has 3 aromatic rings. The van der Waals surface area contributed by atoms with Gasteiger partial charge in [-0.25, -0.2) is 4.99 Å². The van der Waals surface area contributed by atoms with Gasteiger partial charge in [0.1, 0.15) is 5.76 Å². The number of nitrogens with one attached hydrogen (secondary N) is 2. The van der Waals surface area contributed by atoms with Gasteiger partial charge in [0.15, 0.2) is 5.96 Å². The zero-order chi connectivity index (χ0) is 21.9. The Morgan fingerprint density at radius 2 is 1.62 bits per heavy atom. The van der Waals surface area contributed by atoms with Crippen LogP contribution in [0.1, 0.15) is 27.2 Å². The molecule has 1 amide bonds. The molecule has 32 heavy (non-hydrogen) atoms. The van der Waals surface area contributed by atoms with E-state index in [0.717, 1.165) is 42.2 Å². The lowest BCUT2D eigenvalue weighted by molar-refractivity contribution is 0.0827. The predicted molar refractivity (Wildman–Crippen MR) is 140 cm³/mol. The summed E-state index contributed by atoms with van der Waals surface area (Å²) in [5, 5.41) is 6.78. The van der Waals surface area contributed by atoms with E-state index in [4.69, 9.17) is 9.41 Å². The quantitative estimate of drug-likeness (QED) is 0.241. The molecule has 0 aliphatic carbocycles. The fourth-order valence-corrected chi connectivity index (χ4v) is 3.13. The van der Waals surface area contributed by atoms with E-state index in [1.807, 2.05) is 54.6 Å². The van der Waals surface area contributed by atoms with Crippen molar-refractivity contribution in [1.29, 1.82) is 0 Å². The van der Waals surface area contributed by atoms with Crippen LogP contribution in [0.2, 0.25) is 0 Å². The Bertz CT molecular complexity index is 973. The van der Waals surface area contributed by atoms with Crippen LogP contribution in [0, 0.1) is 0 Å². The van der Waals surface area contributed by atoms with E-state index in [-0.39, 0.29) is 29.9 Å². The Morgan fingerprint density at radius 1 is 0.906 bits per heavy atom. The Hall–Kier alpha value is -2.81. The van der Waals surface area contributed by atoms with Gasteiger partial charge in [-0.1, -0.05) is 42.5 Å². The summed E-state index contributed by atoms with van der Waals surface area (Å²) >= 11 is 0. The van der Waals surface area contributed by atoms with Crippen LogP contribution >= 0.6 is 24.0 Å². The van der Waals surface area contributed by atoms with Gasteiger partial charge in [0.2, 0.25) is 0 Å². The molecule has 2 N–H and O–H groups in total. The van der Waals surface area contributed by atoms with Crippen molar-refractivity contribution in [2.24, 2.45) is 4.99 Å². The number of nitrogens with zero attached hydrogens (tertiary/aromatic N) is 2. The number of benzene rings is 2. The summed E-state index contributed by atoms with van der Waals surface area (Å²) in [5.74, 6) is 1.72. The van der Waals surface area contributed by atoms with Gasteiger partial charge in [-0.3, -0.25) is 4.79 Å². The number of rotatable bonds is 9. The van der Waals surface area contributed by atoms with Gasteiger partial charge in [-0.05, 0) is 41.8 Å². The maximum absolute atomic E-state index is 12.2. The summed E-state index contributed by atoms with van der Waals surface area (Å²) in [4.78, 5) is 18.5. The van der Waals surface area contributed by atoms with Crippen molar-refractivity contribution in [3.8, 4) is 0 Å². The fourth-order valence-electron chi connectivity index (χ4n) is 3.13. The molecule has 0 spiro atoms. The Balaban J connectivity index is 0.00000363. The minimum absolute atomic E-state index is 0. The van der Waals surface area contributed by atoms with Crippen LogP contribution in [0.4, 0.5) is 0 Å². The number of halogens is 1. The molecule has 0 saturated heterocycles. The van der Waals surface area contributed by atoms with Crippen LogP contribution in [0.3, 0.4) is 0 Å². The number of furan rings is 1. The summed E-state index contributed by atoms with van der Waals surface area (Å²) in [6.45, 7) is 2.03. The second kappa shape index (κ2) is 13.6. The first-order valence-electron chi connectivity index (χ1n) is 10.5. The fraction of sp³-hybridized carbons (Fsp3) is 0.280. The molecule has 0 atom stereocenters. The normalized spacial score (nSPS) is 10.9. The third-order valence-electron chi connectivity index (χ3n) is 4.79. The molecule has 170 valence electrons. The third-order valence-corrected chi connectivity index (χ3v) is 4.79. The zero-order valence-electron chi connectivity index (χ0n) is 18.6. The maximum atomic E-state index is 12.2. The number of guanidine groups is 1. The van der Waals surface area contributed by atoms with Crippen LogP contribution in [0.5, 0.6) is 0 Å². The number of carbonyl (C=O) groups is 1. The lowest BCUT2D eigenvalue weighted by Gasteiger charge is -2.14. The molecule has 0 aliphatic rings. The number of aliphatic imine (C=N–C) groups is 1. The molecule has 0 bridgehead atoms. The van der Waals surface area contributed by atoms with Crippen molar-refractivity contribution in [3.63, 3.8) is 0 Å². The zero-order valence-corrected chi connectivity index (χ0v) is 20.9. The van der Waals surface area contributed by atoms with E-state index < -0.39 is 0 Å². The first kappa shape index (κ1) is 25.5. The molecule has 0 unspecified atom stereocenters. The molecule has 2 aromatic carbocycles. The van der Waals surface area contributed by atoms with Gasteiger partial charge in [-0.15, -0.1) is 24.0 Å². The molecule has 7 heteroatoms. The minimum atomic E-state index is 0. The van der Waals surface area contributed by atoms with Crippen molar-refractivity contribution >= 4 is 35.8 Å². The van der Waals surface area contributed by atoms with E-state index in [2.05, 4.69) is 22.8 Å². The van der Waals surface area contributed by atoms with Gasteiger partial charge in [0, 0.05) is 39.2 Å². The van der Waals surface area contributed by atoms with E-state index in [1.165, 1.54) is 0 Å². The SMILES string of the molecule is CN(C)C(=O)c1cccc(CCNC(=NCc2ccccc2)NCCc2ccco2)c1.I. The lowest BCUT2D eigenvalue weighted by atomic mass is 10.1. The molecule has 3 rings (SSSR count). The first-order valence-corrected chi connectivity index (χ1v) is 10.5. The number of carbonyl (C=O) groups excluding carboxylic acids is 1. The van der Waals surface area contributed by atoms with Crippen LogP contribution in [-0.4, -0.2) is 44.0 Å². The summed E-state index contributed by atoms with van der Waals surface area (Å²) in [5.41, 5.74) is 2.97. The average molecular weight is 546 g/mol. The second-order valence-corrected chi connectivity index (χ2v) is 7.48. The van der Waals surface area contributed by atoms with Crippen molar-refractivity contribution in [1.82, 2.24) is 15.5 Å². The predicted octanol–water partition coefficient (Wildman–Crippen LogP) is 4.12. The summed E-state index contributed by atoms with van der Waals surface area (Å²) in [7, 11) is 3.53. The van der Waals surface area contributed by atoms with E-state index in [9.17, 15) is 4.79 Å². The smallest absolute Gasteiger partial charge is 0.253 e. The van der Waals surface area contributed by atoms with E-state index >= 15 is 0 Å². The van der Waals surface area contributed by atoms with Gasteiger partial charge >= 0.3 is 0 Å². The minimum Gasteiger partial charge on any atom is -0.469 e. The van der Waals surface area contributed by atoms with Crippen LogP contribution in [0.15, 0.2) is 82.4 Å². The van der Waals surface area contributed by atoms with Crippen molar-refractivity contribution in [3.05, 3.63) is 95.4 Å². The average Bonchev–Trinajstić information content (AvgIpc) is 3.31. The third kappa shape index (κ3) is 8.37. The topological polar surface area (TPSA) is 69.9 Å². The molecule has 0 fully saturated rings. The highest BCUT2D eigenvalue weighted by molar-refractivity contribution is 14.0. The maximum Gasteiger partial charge on any atom is 0.253 e. The van der Waals surface area contributed by atoms with Crippen LogP contribution < -0.4 is 10.6 Å². The molecular formula is C25H31IN4O2.